The van der Waals surface area contributed by atoms with Gasteiger partial charge in [-0.1, -0.05) is 0 Å². The number of rotatable bonds is 2. The first kappa shape index (κ1) is 7.28. The molecule has 1 saturated carbocycles. The molecule has 0 atom stereocenters. The Morgan fingerprint density at radius 3 is 2.75 bits per heavy atom. The zero-order valence-electron chi connectivity index (χ0n) is 6.54. The van der Waals surface area contributed by atoms with Crippen LogP contribution in [0.15, 0.2) is 16.9 Å². The van der Waals surface area contributed by atoms with Gasteiger partial charge < -0.3 is 4.98 Å². The summed E-state index contributed by atoms with van der Waals surface area (Å²) in [6.07, 6.45) is 2.96. The van der Waals surface area contributed by atoms with Crippen LogP contribution >= 0.6 is 0 Å². The van der Waals surface area contributed by atoms with E-state index in [0.29, 0.717) is 11.5 Å². The van der Waals surface area contributed by atoms with Crippen molar-refractivity contribution in [3.8, 4) is 0 Å². The summed E-state index contributed by atoms with van der Waals surface area (Å²) < 4.78 is 0. The summed E-state index contributed by atoms with van der Waals surface area (Å²) in [5.41, 5.74) is 1.32. The molecule has 0 spiro atoms. The van der Waals surface area contributed by atoms with Crippen molar-refractivity contribution in [3.63, 3.8) is 0 Å². The van der Waals surface area contributed by atoms with Crippen LogP contribution in [0.2, 0.25) is 0 Å². The lowest BCUT2D eigenvalue weighted by atomic mass is 10.1. The summed E-state index contributed by atoms with van der Waals surface area (Å²) in [5, 5.41) is 0. The fraction of sp³-hybridized carbons (Fsp3) is 0.333. The number of carbonyl (C=O) groups is 1. The van der Waals surface area contributed by atoms with E-state index in [9.17, 15) is 9.59 Å². The quantitative estimate of drug-likeness (QED) is 0.663. The molecule has 0 aromatic carbocycles. The summed E-state index contributed by atoms with van der Waals surface area (Å²) in [7, 11) is 0. The van der Waals surface area contributed by atoms with Crippen LogP contribution in [-0.2, 0) is 0 Å². The standard InChI is InChI=1S/C9H9NO2/c11-5-7-3-4-8(12)10-9(7)6-1-2-6/h3-6H,1-2H2,(H,10,12). The van der Waals surface area contributed by atoms with Crippen LogP contribution in [0.5, 0.6) is 0 Å². The molecule has 0 aliphatic heterocycles. The molecule has 12 heavy (non-hydrogen) atoms. The molecule has 1 aromatic heterocycles. The van der Waals surface area contributed by atoms with Gasteiger partial charge in [-0.3, -0.25) is 9.59 Å². The molecule has 1 fully saturated rings. The Morgan fingerprint density at radius 2 is 2.17 bits per heavy atom. The number of aromatic amines is 1. The van der Waals surface area contributed by atoms with Crippen LogP contribution in [0, 0.1) is 0 Å². The van der Waals surface area contributed by atoms with Gasteiger partial charge in [0.15, 0.2) is 6.29 Å². The van der Waals surface area contributed by atoms with Crippen molar-refractivity contribution in [2.24, 2.45) is 0 Å². The highest BCUT2D eigenvalue weighted by atomic mass is 16.1. The molecule has 1 heterocycles. The highest BCUT2D eigenvalue weighted by Gasteiger charge is 2.26. The van der Waals surface area contributed by atoms with Gasteiger partial charge in [-0.2, -0.15) is 0 Å². The SMILES string of the molecule is O=Cc1ccc(=O)[nH]c1C1CC1. The molecule has 3 nitrogen and oxygen atoms in total. The molecule has 0 radical (unpaired) electrons. The molecule has 0 amide bonds. The van der Waals surface area contributed by atoms with Gasteiger partial charge in [0.1, 0.15) is 0 Å². The Hall–Kier alpha value is -1.38. The number of hydrogen-bond donors (Lipinski definition) is 1. The van der Waals surface area contributed by atoms with Crippen molar-refractivity contribution in [1.29, 1.82) is 0 Å². The Labute approximate surface area is 69.4 Å². The number of aromatic nitrogens is 1. The van der Waals surface area contributed by atoms with E-state index in [2.05, 4.69) is 4.98 Å². The average Bonchev–Trinajstić information content (AvgIpc) is 2.87. The van der Waals surface area contributed by atoms with E-state index in [0.717, 1.165) is 24.8 Å². The van der Waals surface area contributed by atoms with Gasteiger partial charge in [-0.05, 0) is 24.8 Å². The maximum absolute atomic E-state index is 10.9. The lowest BCUT2D eigenvalue weighted by Gasteiger charge is -1.99. The number of nitrogens with one attached hydrogen (secondary N) is 1. The molecular weight excluding hydrogens is 154 g/mol. The van der Waals surface area contributed by atoms with Gasteiger partial charge in [0.2, 0.25) is 5.56 Å². The minimum Gasteiger partial charge on any atom is -0.325 e. The van der Waals surface area contributed by atoms with Gasteiger partial charge in [0, 0.05) is 17.3 Å². The van der Waals surface area contributed by atoms with Gasteiger partial charge >= 0.3 is 0 Å². The zero-order valence-corrected chi connectivity index (χ0v) is 6.54. The monoisotopic (exact) mass is 163 g/mol. The molecular formula is C9H9NO2. The predicted molar refractivity (Wildman–Crippen MR) is 44.4 cm³/mol. The van der Waals surface area contributed by atoms with Crippen LogP contribution in [-0.4, -0.2) is 11.3 Å². The number of carbonyl (C=O) groups excluding carboxylic acids is 1. The van der Waals surface area contributed by atoms with Crippen LogP contribution < -0.4 is 5.56 Å². The molecule has 3 heteroatoms. The van der Waals surface area contributed by atoms with E-state index in [-0.39, 0.29) is 5.56 Å². The molecule has 0 saturated heterocycles. The van der Waals surface area contributed by atoms with Crippen molar-refractivity contribution >= 4 is 6.29 Å². The summed E-state index contributed by atoms with van der Waals surface area (Å²) in [5.74, 6) is 0.416. The first-order valence-corrected chi connectivity index (χ1v) is 3.99. The lowest BCUT2D eigenvalue weighted by Crippen LogP contribution is -2.08. The van der Waals surface area contributed by atoms with Gasteiger partial charge in [-0.15, -0.1) is 0 Å². The fourth-order valence-electron chi connectivity index (χ4n) is 1.31. The number of pyridine rings is 1. The van der Waals surface area contributed by atoms with Crippen LogP contribution in [0.25, 0.3) is 0 Å². The molecule has 2 rings (SSSR count). The number of H-pyrrole nitrogens is 1. The van der Waals surface area contributed by atoms with E-state index in [1.807, 2.05) is 0 Å². The lowest BCUT2D eigenvalue weighted by molar-refractivity contribution is 0.112. The highest BCUT2D eigenvalue weighted by molar-refractivity contribution is 5.76. The Bertz CT molecular complexity index is 363. The van der Waals surface area contributed by atoms with Crippen LogP contribution in [0.4, 0.5) is 0 Å². The summed E-state index contributed by atoms with van der Waals surface area (Å²) in [6.45, 7) is 0. The van der Waals surface area contributed by atoms with Crippen molar-refractivity contribution in [3.05, 3.63) is 33.7 Å². The number of aldehydes is 1. The third-order valence-electron chi connectivity index (χ3n) is 2.10. The van der Waals surface area contributed by atoms with E-state index < -0.39 is 0 Å². The van der Waals surface area contributed by atoms with E-state index in [4.69, 9.17) is 0 Å². The second-order valence-corrected chi connectivity index (χ2v) is 3.08. The summed E-state index contributed by atoms with van der Waals surface area (Å²) in [6, 6.07) is 2.97. The third-order valence-corrected chi connectivity index (χ3v) is 2.10. The maximum Gasteiger partial charge on any atom is 0.248 e. The first-order valence-electron chi connectivity index (χ1n) is 3.99. The topological polar surface area (TPSA) is 49.9 Å². The fourth-order valence-corrected chi connectivity index (χ4v) is 1.31. The van der Waals surface area contributed by atoms with Gasteiger partial charge in [0.05, 0.1) is 0 Å². The molecule has 62 valence electrons. The Balaban J connectivity index is 2.53. The maximum atomic E-state index is 10.9. The van der Waals surface area contributed by atoms with E-state index >= 15 is 0 Å². The van der Waals surface area contributed by atoms with E-state index in [1.54, 1.807) is 6.07 Å². The Kier molecular flexibility index (Phi) is 1.57. The summed E-state index contributed by atoms with van der Waals surface area (Å²) in [4.78, 5) is 24.2. The molecule has 1 aromatic rings. The smallest absolute Gasteiger partial charge is 0.248 e. The van der Waals surface area contributed by atoms with Crippen LogP contribution in [0.1, 0.15) is 34.8 Å². The van der Waals surface area contributed by atoms with Gasteiger partial charge in [-0.25, -0.2) is 0 Å². The first-order chi connectivity index (χ1) is 5.81. The normalized spacial score (nSPS) is 16.0. The van der Waals surface area contributed by atoms with Crippen LogP contribution in [0.3, 0.4) is 0 Å². The van der Waals surface area contributed by atoms with Gasteiger partial charge in [0.25, 0.3) is 0 Å². The second kappa shape index (κ2) is 2.59. The minimum atomic E-state index is -0.123. The highest BCUT2D eigenvalue weighted by Crippen LogP contribution is 2.39. The van der Waals surface area contributed by atoms with Crippen molar-refractivity contribution < 1.29 is 4.79 Å². The average molecular weight is 163 g/mol. The molecule has 0 bridgehead atoms. The minimum absolute atomic E-state index is 0.123. The zero-order chi connectivity index (χ0) is 8.55. The second-order valence-electron chi connectivity index (χ2n) is 3.08. The molecule has 0 unspecified atom stereocenters. The summed E-state index contributed by atoms with van der Waals surface area (Å²) >= 11 is 0. The third kappa shape index (κ3) is 1.18. The van der Waals surface area contributed by atoms with Crippen molar-refractivity contribution in [1.82, 2.24) is 4.98 Å². The number of hydrogen-bond acceptors (Lipinski definition) is 2. The molecule has 1 aliphatic carbocycles. The largest absolute Gasteiger partial charge is 0.325 e. The predicted octanol–water partition coefficient (Wildman–Crippen LogP) is 1.06. The van der Waals surface area contributed by atoms with Crippen molar-refractivity contribution in [2.45, 2.75) is 18.8 Å². The molecule has 1 N–H and O–H groups in total. The molecule has 1 aliphatic rings. The Morgan fingerprint density at radius 1 is 1.42 bits per heavy atom. The van der Waals surface area contributed by atoms with E-state index in [1.165, 1.54) is 6.07 Å². The van der Waals surface area contributed by atoms with Crippen molar-refractivity contribution in [2.75, 3.05) is 0 Å².